The molecule has 3 atom stereocenters. The second kappa shape index (κ2) is 10.4. The van der Waals surface area contributed by atoms with Crippen molar-refractivity contribution in [2.24, 2.45) is 17.3 Å². The number of fused-ring (bicyclic) bond motifs is 2. The topological polar surface area (TPSA) is 35.5 Å². The van der Waals surface area contributed by atoms with Gasteiger partial charge in [-0.05, 0) is 47.3 Å². The van der Waals surface area contributed by atoms with Crippen molar-refractivity contribution in [2.45, 2.75) is 105 Å². The van der Waals surface area contributed by atoms with Gasteiger partial charge in [-0.25, -0.2) is 0 Å². The Morgan fingerprint density at radius 2 is 1.61 bits per heavy atom. The molecule has 3 heteroatoms. The number of benzene rings is 1. The number of unbranched alkanes of at least 4 members (excludes halogenated alkanes) is 3. The average molecular weight is 431 g/mol. The summed E-state index contributed by atoms with van der Waals surface area (Å²) in [6, 6.07) is 4.42. The lowest BCUT2D eigenvalue weighted by atomic mass is 9.44. The Kier molecular flexibility index (Phi) is 8.64. The third kappa shape index (κ3) is 4.96. The summed E-state index contributed by atoms with van der Waals surface area (Å²) in [4.78, 5) is 12.7. The summed E-state index contributed by atoms with van der Waals surface area (Å²) in [5.74, 6) is 3.13. The number of hydrogen-bond acceptors (Lipinski definition) is 3. The molecule has 0 spiro atoms. The molecule has 0 heterocycles. The fraction of sp³-hybridized carbons (Fsp3) is 0.750. The molecule has 0 aromatic heterocycles. The molecule has 0 radical (unpaired) electrons. The van der Waals surface area contributed by atoms with Crippen LogP contribution >= 0.6 is 0 Å². The molecule has 3 nitrogen and oxygen atoms in total. The van der Waals surface area contributed by atoms with E-state index in [1.54, 1.807) is 14.2 Å². The van der Waals surface area contributed by atoms with Crippen LogP contribution in [0.1, 0.15) is 110 Å². The molecule has 2 unspecified atom stereocenters. The summed E-state index contributed by atoms with van der Waals surface area (Å²) in [5.41, 5.74) is 2.51. The van der Waals surface area contributed by atoms with E-state index in [0.717, 1.165) is 29.9 Å². The van der Waals surface area contributed by atoms with Crippen molar-refractivity contribution in [2.75, 3.05) is 14.2 Å². The number of methoxy groups -OCH3 is 2. The van der Waals surface area contributed by atoms with Gasteiger partial charge in [-0.1, -0.05) is 74.1 Å². The van der Waals surface area contributed by atoms with Gasteiger partial charge >= 0.3 is 0 Å². The lowest BCUT2D eigenvalue weighted by Gasteiger charge is -2.59. The zero-order valence-corrected chi connectivity index (χ0v) is 21.6. The molecule has 176 valence electrons. The van der Waals surface area contributed by atoms with Crippen molar-refractivity contribution in [3.8, 4) is 11.5 Å². The minimum Gasteiger partial charge on any atom is -0.496 e. The molecule has 3 aliphatic carbocycles. The summed E-state index contributed by atoms with van der Waals surface area (Å²) >= 11 is 0. The van der Waals surface area contributed by atoms with Crippen molar-refractivity contribution in [1.29, 1.82) is 0 Å². The molecular weight excluding hydrogens is 384 g/mol. The van der Waals surface area contributed by atoms with Gasteiger partial charge in [0.15, 0.2) is 0 Å². The van der Waals surface area contributed by atoms with E-state index in [-0.39, 0.29) is 22.7 Å². The number of carbonyl (C=O) groups is 1. The van der Waals surface area contributed by atoms with Gasteiger partial charge in [0.05, 0.1) is 14.2 Å². The van der Waals surface area contributed by atoms with Crippen LogP contribution in [0.5, 0.6) is 11.5 Å². The van der Waals surface area contributed by atoms with Crippen LogP contribution in [0.2, 0.25) is 0 Å². The molecule has 0 amide bonds. The molecule has 31 heavy (non-hydrogen) atoms. The van der Waals surface area contributed by atoms with Gasteiger partial charge in [0.1, 0.15) is 17.3 Å². The molecule has 3 aliphatic rings. The number of rotatable bonds is 9. The van der Waals surface area contributed by atoms with Crippen LogP contribution in [0.3, 0.4) is 0 Å². The van der Waals surface area contributed by atoms with E-state index in [0.29, 0.717) is 18.1 Å². The smallest absolute Gasteiger partial charge is 0.137 e. The first-order valence-corrected chi connectivity index (χ1v) is 12.5. The number of ether oxygens (including phenoxy) is 2. The largest absolute Gasteiger partial charge is 0.496 e. The maximum Gasteiger partial charge on any atom is 0.137 e. The van der Waals surface area contributed by atoms with Crippen LogP contribution < -0.4 is 9.47 Å². The van der Waals surface area contributed by atoms with Gasteiger partial charge in [0.25, 0.3) is 0 Å². The Bertz CT molecular complexity index is 722. The predicted octanol–water partition coefficient (Wildman–Crippen LogP) is 7.70. The monoisotopic (exact) mass is 430 g/mol. The third-order valence-electron chi connectivity index (χ3n) is 7.99. The van der Waals surface area contributed by atoms with E-state index in [1.165, 1.54) is 31.2 Å². The standard InChI is InChI=1S/C26H40O3.C2H6/c1-8-9-10-11-12-25(2,3)17-13-22(28-6)24(23(14-17)29-7)18-15-21(27)20-16-19(18)26(20,4)5;1-2/h13-14,18-20H,8-12,15-16H2,1-7H3;1-2H3/t18-,19?,20?;/m0./s1. The summed E-state index contributed by atoms with van der Waals surface area (Å²) in [5, 5.41) is 0. The van der Waals surface area contributed by atoms with Crippen LogP contribution in [0.4, 0.5) is 0 Å². The minimum absolute atomic E-state index is 0.0655. The van der Waals surface area contributed by atoms with Crippen LogP contribution in [-0.2, 0) is 10.2 Å². The second-order valence-corrected chi connectivity index (χ2v) is 10.5. The SMILES string of the molecule is CC.CCCCCCC(C)(C)c1cc(OC)c([C@H]2CC(=O)C3CC2C3(C)C)c(OC)c1. The van der Waals surface area contributed by atoms with E-state index in [4.69, 9.17) is 9.47 Å². The maximum atomic E-state index is 12.7. The molecule has 2 bridgehead atoms. The quantitative estimate of drug-likeness (QED) is 0.377. The summed E-state index contributed by atoms with van der Waals surface area (Å²) in [6.07, 6.45) is 7.86. The van der Waals surface area contributed by atoms with E-state index < -0.39 is 0 Å². The van der Waals surface area contributed by atoms with Gasteiger partial charge in [-0.3, -0.25) is 4.79 Å². The van der Waals surface area contributed by atoms with Crippen molar-refractivity contribution in [1.82, 2.24) is 0 Å². The highest BCUT2D eigenvalue weighted by molar-refractivity contribution is 5.86. The van der Waals surface area contributed by atoms with E-state index in [9.17, 15) is 4.79 Å². The highest BCUT2D eigenvalue weighted by Gasteiger charge is 2.59. The molecule has 4 rings (SSSR count). The van der Waals surface area contributed by atoms with Crippen LogP contribution in [0.15, 0.2) is 12.1 Å². The number of ketones is 1. The first-order valence-electron chi connectivity index (χ1n) is 12.5. The Balaban J connectivity index is 0.00000166. The fourth-order valence-corrected chi connectivity index (χ4v) is 5.83. The Labute approximate surface area is 191 Å². The third-order valence-corrected chi connectivity index (χ3v) is 7.99. The molecule has 0 aliphatic heterocycles. The fourth-order valence-electron chi connectivity index (χ4n) is 5.83. The molecule has 3 fully saturated rings. The molecule has 0 N–H and O–H groups in total. The molecule has 1 aromatic carbocycles. The van der Waals surface area contributed by atoms with E-state index in [1.807, 2.05) is 13.8 Å². The molecule has 0 saturated heterocycles. The average Bonchev–Trinajstić information content (AvgIpc) is 2.76. The van der Waals surface area contributed by atoms with Crippen molar-refractivity contribution in [3.63, 3.8) is 0 Å². The first-order chi connectivity index (χ1) is 14.7. The van der Waals surface area contributed by atoms with Gasteiger partial charge in [-0.15, -0.1) is 0 Å². The lowest BCUT2D eigenvalue weighted by Crippen LogP contribution is -2.56. The van der Waals surface area contributed by atoms with Crippen molar-refractivity contribution >= 4 is 5.78 Å². The number of hydrogen-bond donors (Lipinski definition) is 0. The highest BCUT2D eigenvalue weighted by atomic mass is 16.5. The van der Waals surface area contributed by atoms with Gasteiger partial charge in [0, 0.05) is 23.8 Å². The Morgan fingerprint density at radius 1 is 1.03 bits per heavy atom. The van der Waals surface area contributed by atoms with E-state index in [2.05, 4.69) is 46.8 Å². The van der Waals surface area contributed by atoms with E-state index >= 15 is 0 Å². The first kappa shape index (κ1) is 25.7. The summed E-state index contributed by atoms with van der Waals surface area (Å²) < 4.78 is 11.8. The molecular formula is C28H46O3. The van der Waals surface area contributed by atoms with Gasteiger partial charge in [0.2, 0.25) is 0 Å². The van der Waals surface area contributed by atoms with Crippen LogP contribution in [0, 0.1) is 17.3 Å². The number of Topliss-reactive ketones (excluding diaryl/α,β-unsaturated/α-hetero) is 1. The van der Waals surface area contributed by atoms with Gasteiger partial charge < -0.3 is 9.47 Å². The Morgan fingerprint density at radius 3 is 2.06 bits per heavy atom. The summed E-state index contributed by atoms with van der Waals surface area (Å²) in [7, 11) is 3.49. The number of carbonyl (C=O) groups excluding carboxylic acids is 1. The normalized spacial score (nSPS) is 24.0. The predicted molar refractivity (Wildman–Crippen MR) is 130 cm³/mol. The second-order valence-electron chi connectivity index (χ2n) is 10.5. The molecule has 3 saturated carbocycles. The molecule has 1 aromatic rings. The lowest BCUT2D eigenvalue weighted by molar-refractivity contribution is -0.151. The zero-order chi connectivity index (χ0) is 23.4. The summed E-state index contributed by atoms with van der Waals surface area (Å²) in [6.45, 7) is 15.4. The van der Waals surface area contributed by atoms with Crippen molar-refractivity contribution in [3.05, 3.63) is 23.3 Å². The Hall–Kier alpha value is -1.51. The highest BCUT2D eigenvalue weighted by Crippen LogP contribution is 2.64. The maximum absolute atomic E-state index is 12.7. The minimum atomic E-state index is 0.0655. The zero-order valence-electron chi connectivity index (χ0n) is 21.6. The van der Waals surface area contributed by atoms with Gasteiger partial charge in [-0.2, -0.15) is 0 Å². The van der Waals surface area contributed by atoms with Crippen LogP contribution in [0.25, 0.3) is 0 Å². The van der Waals surface area contributed by atoms with Crippen molar-refractivity contribution < 1.29 is 14.3 Å². The van der Waals surface area contributed by atoms with Crippen LogP contribution in [-0.4, -0.2) is 20.0 Å².